The second-order valence-corrected chi connectivity index (χ2v) is 3.82. The summed E-state index contributed by atoms with van der Waals surface area (Å²) in [6.07, 6.45) is 1.72. The highest BCUT2D eigenvalue weighted by Crippen LogP contribution is 2.32. The number of benzene rings is 1. The highest BCUT2D eigenvalue weighted by atomic mass is 79.9. The number of nitrogens with one attached hydrogen (secondary N) is 1. The molecule has 0 unspecified atom stereocenters. The van der Waals surface area contributed by atoms with Crippen LogP contribution in [-0.4, -0.2) is 10.2 Å². The number of fused-ring (bicyclic) bond motifs is 1. The Hall–Kier alpha value is -0.540. The van der Waals surface area contributed by atoms with E-state index in [1.54, 1.807) is 6.20 Å². The summed E-state index contributed by atoms with van der Waals surface area (Å²) in [5, 5.41) is 8.46. The van der Waals surface area contributed by atoms with Gasteiger partial charge in [-0.1, -0.05) is 11.6 Å². The first kappa shape index (κ1) is 8.08. The Balaban J connectivity index is 2.94. The van der Waals surface area contributed by atoms with E-state index < -0.39 is 0 Å². The van der Waals surface area contributed by atoms with E-state index in [0.717, 1.165) is 26.0 Å². The van der Waals surface area contributed by atoms with Crippen LogP contribution in [-0.2, 0) is 0 Å². The molecule has 1 aromatic carbocycles. The third-order valence-electron chi connectivity index (χ3n) is 1.81. The monoisotopic (exact) mass is 244 g/mol. The molecule has 4 heteroatoms. The van der Waals surface area contributed by atoms with Crippen molar-refractivity contribution in [3.8, 4) is 0 Å². The van der Waals surface area contributed by atoms with Gasteiger partial charge < -0.3 is 0 Å². The number of halogens is 2. The number of aromatic nitrogens is 2. The minimum Gasteiger partial charge on any atom is -0.278 e. The fourth-order valence-corrected chi connectivity index (χ4v) is 1.78. The van der Waals surface area contributed by atoms with Crippen LogP contribution in [0.3, 0.4) is 0 Å². The van der Waals surface area contributed by atoms with E-state index >= 15 is 0 Å². The lowest BCUT2D eigenvalue weighted by atomic mass is 10.2. The van der Waals surface area contributed by atoms with Crippen LogP contribution < -0.4 is 0 Å². The Morgan fingerprint density at radius 2 is 2.33 bits per heavy atom. The highest BCUT2D eigenvalue weighted by Gasteiger charge is 2.07. The molecule has 0 spiro atoms. The van der Waals surface area contributed by atoms with Gasteiger partial charge in [-0.25, -0.2) is 0 Å². The van der Waals surface area contributed by atoms with Crippen molar-refractivity contribution in [3.05, 3.63) is 27.3 Å². The van der Waals surface area contributed by atoms with Crippen LogP contribution in [0.25, 0.3) is 10.9 Å². The molecule has 0 amide bonds. The summed E-state index contributed by atoms with van der Waals surface area (Å²) in [7, 11) is 0. The summed E-state index contributed by atoms with van der Waals surface area (Å²) in [5.41, 5.74) is 2.08. The van der Waals surface area contributed by atoms with Gasteiger partial charge in [-0.2, -0.15) is 5.10 Å². The normalized spacial score (nSPS) is 10.9. The molecule has 0 bridgehead atoms. The minimum atomic E-state index is 0.721. The lowest BCUT2D eigenvalue weighted by Crippen LogP contribution is -1.78. The Bertz CT molecular complexity index is 436. The lowest BCUT2D eigenvalue weighted by molar-refractivity contribution is 1.12. The number of H-pyrrole nitrogens is 1. The molecule has 62 valence electrons. The molecule has 2 aromatic rings. The van der Waals surface area contributed by atoms with Crippen molar-refractivity contribution in [2.24, 2.45) is 0 Å². The van der Waals surface area contributed by atoms with Crippen molar-refractivity contribution in [3.63, 3.8) is 0 Å². The van der Waals surface area contributed by atoms with Crippen LogP contribution in [0.15, 0.2) is 16.7 Å². The molecule has 1 aromatic heterocycles. The second-order valence-electron chi connectivity index (χ2n) is 2.65. The molecule has 0 radical (unpaired) electrons. The van der Waals surface area contributed by atoms with Gasteiger partial charge in [0, 0.05) is 9.86 Å². The predicted octanol–water partition coefficient (Wildman–Crippen LogP) is 3.29. The van der Waals surface area contributed by atoms with E-state index in [2.05, 4.69) is 26.1 Å². The number of hydrogen-bond donors (Lipinski definition) is 1. The zero-order chi connectivity index (χ0) is 8.72. The van der Waals surface area contributed by atoms with Gasteiger partial charge in [0.2, 0.25) is 0 Å². The van der Waals surface area contributed by atoms with E-state index in [0.29, 0.717) is 0 Å². The zero-order valence-corrected chi connectivity index (χ0v) is 8.70. The van der Waals surface area contributed by atoms with Crippen molar-refractivity contribution in [1.29, 1.82) is 0 Å². The maximum absolute atomic E-state index is 6.07. The van der Waals surface area contributed by atoms with Gasteiger partial charge in [-0.15, -0.1) is 0 Å². The quantitative estimate of drug-likeness (QED) is 0.758. The lowest BCUT2D eigenvalue weighted by Gasteiger charge is -2.00. The van der Waals surface area contributed by atoms with Crippen LogP contribution in [0, 0.1) is 6.92 Å². The van der Waals surface area contributed by atoms with E-state index in [4.69, 9.17) is 11.6 Å². The van der Waals surface area contributed by atoms with Gasteiger partial charge in [0.15, 0.2) is 0 Å². The Morgan fingerprint density at radius 3 is 3.08 bits per heavy atom. The average molecular weight is 246 g/mol. The van der Waals surface area contributed by atoms with E-state index in [-0.39, 0.29) is 0 Å². The van der Waals surface area contributed by atoms with Crippen molar-refractivity contribution in [2.75, 3.05) is 0 Å². The molecule has 0 aliphatic heterocycles. The van der Waals surface area contributed by atoms with Crippen LogP contribution in [0.4, 0.5) is 0 Å². The largest absolute Gasteiger partial charge is 0.278 e. The molecular weight excluding hydrogens is 239 g/mol. The SMILES string of the molecule is Cc1cc2[nH]ncc2c(Cl)c1Br. The van der Waals surface area contributed by atoms with E-state index in [1.807, 2.05) is 13.0 Å². The van der Waals surface area contributed by atoms with Crippen LogP contribution in [0.1, 0.15) is 5.56 Å². The number of aromatic amines is 1. The Morgan fingerprint density at radius 1 is 1.58 bits per heavy atom. The average Bonchev–Trinajstić information content (AvgIpc) is 2.48. The predicted molar refractivity (Wildman–Crippen MR) is 53.5 cm³/mol. The first-order chi connectivity index (χ1) is 5.70. The molecule has 12 heavy (non-hydrogen) atoms. The van der Waals surface area contributed by atoms with Gasteiger partial charge in [-0.05, 0) is 34.5 Å². The summed E-state index contributed by atoms with van der Waals surface area (Å²) < 4.78 is 0.943. The first-order valence-electron chi connectivity index (χ1n) is 3.48. The molecule has 0 aliphatic rings. The van der Waals surface area contributed by atoms with Gasteiger partial charge in [0.25, 0.3) is 0 Å². The second kappa shape index (κ2) is 2.75. The summed E-state index contributed by atoms with van der Waals surface area (Å²) in [5.74, 6) is 0. The molecule has 0 saturated carbocycles. The summed E-state index contributed by atoms with van der Waals surface area (Å²) in [6, 6.07) is 2.01. The van der Waals surface area contributed by atoms with Gasteiger partial charge in [0.1, 0.15) is 0 Å². The maximum Gasteiger partial charge on any atom is 0.0668 e. The third-order valence-corrected chi connectivity index (χ3v) is 3.45. The van der Waals surface area contributed by atoms with E-state index in [1.165, 1.54) is 0 Å². The van der Waals surface area contributed by atoms with Crippen LogP contribution >= 0.6 is 27.5 Å². The number of hydrogen-bond acceptors (Lipinski definition) is 1. The standard InChI is InChI=1S/C8H6BrClN2/c1-4-2-6-5(3-11-12-6)8(10)7(4)9/h2-3H,1H3,(H,11,12). The topological polar surface area (TPSA) is 28.7 Å². The first-order valence-corrected chi connectivity index (χ1v) is 4.65. The fraction of sp³-hybridized carbons (Fsp3) is 0.125. The molecule has 0 fully saturated rings. The molecule has 1 heterocycles. The minimum absolute atomic E-state index is 0.721. The maximum atomic E-state index is 6.07. The molecular formula is C8H6BrClN2. The van der Waals surface area contributed by atoms with Crippen molar-refractivity contribution in [2.45, 2.75) is 6.92 Å². The third kappa shape index (κ3) is 1.04. The highest BCUT2D eigenvalue weighted by molar-refractivity contribution is 9.10. The molecule has 0 saturated heterocycles. The summed E-state index contributed by atoms with van der Waals surface area (Å²) >= 11 is 9.48. The van der Waals surface area contributed by atoms with Crippen LogP contribution in [0.5, 0.6) is 0 Å². The van der Waals surface area contributed by atoms with Gasteiger partial charge >= 0.3 is 0 Å². The fourth-order valence-electron chi connectivity index (χ4n) is 1.15. The van der Waals surface area contributed by atoms with Crippen molar-refractivity contribution < 1.29 is 0 Å². The molecule has 2 nitrogen and oxygen atoms in total. The molecule has 2 rings (SSSR count). The van der Waals surface area contributed by atoms with Crippen molar-refractivity contribution >= 4 is 38.4 Å². The zero-order valence-electron chi connectivity index (χ0n) is 6.36. The number of nitrogens with zero attached hydrogens (tertiary/aromatic N) is 1. The van der Waals surface area contributed by atoms with E-state index in [9.17, 15) is 0 Å². The van der Waals surface area contributed by atoms with Gasteiger partial charge in [0.05, 0.1) is 16.7 Å². The summed E-state index contributed by atoms with van der Waals surface area (Å²) in [4.78, 5) is 0. The Labute approximate surface area is 83.0 Å². The number of aryl methyl sites for hydroxylation is 1. The summed E-state index contributed by atoms with van der Waals surface area (Å²) in [6.45, 7) is 2.00. The smallest absolute Gasteiger partial charge is 0.0668 e. The number of rotatable bonds is 0. The Kier molecular flexibility index (Phi) is 1.85. The molecule has 1 N–H and O–H groups in total. The van der Waals surface area contributed by atoms with Crippen molar-refractivity contribution in [1.82, 2.24) is 10.2 Å². The van der Waals surface area contributed by atoms with Gasteiger partial charge in [-0.3, -0.25) is 5.10 Å². The van der Waals surface area contributed by atoms with Crippen LogP contribution in [0.2, 0.25) is 5.02 Å². The molecule has 0 atom stereocenters. The molecule has 0 aliphatic carbocycles.